The third-order valence-electron chi connectivity index (χ3n) is 1.93. The van der Waals surface area contributed by atoms with Gasteiger partial charge in [-0.15, -0.1) is 0 Å². The van der Waals surface area contributed by atoms with Gasteiger partial charge in [0.15, 0.2) is 0 Å². The Hall–Kier alpha value is -1.11. The molecule has 0 fully saturated rings. The van der Waals surface area contributed by atoms with Gasteiger partial charge in [-0.3, -0.25) is 0 Å². The molecule has 0 bridgehead atoms. The number of alkyl halides is 2. The average Bonchev–Trinajstić information content (AvgIpc) is 2.25. The van der Waals surface area contributed by atoms with Gasteiger partial charge in [-0.25, -0.2) is 13.6 Å². The Morgan fingerprint density at radius 1 is 1.28 bits per heavy atom. The zero-order valence-electron chi connectivity index (χ0n) is 9.14. The first-order valence-electron chi connectivity index (χ1n) is 4.91. The molecule has 1 aromatic carbocycles. The van der Waals surface area contributed by atoms with Gasteiger partial charge in [-0.1, -0.05) is 23.2 Å². The van der Waals surface area contributed by atoms with E-state index in [1.807, 2.05) is 5.32 Å². The highest BCUT2D eigenvalue weighted by molar-refractivity contribution is 6.35. The van der Waals surface area contributed by atoms with Crippen LogP contribution >= 0.6 is 23.2 Å². The quantitative estimate of drug-likeness (QED) is 0.800. The third kappa shape index (κ3) is 5.03. The summed E-state index contributed by atoms with van der Waals surface area (Å²) in [7, 11) is 0. The van der Waals surface area contributed by atoms with Crippen LogP contribution in [0.25, 0.3) is 0 Å². The maximum atomic E-state index is 12.8. The highest BCUT2D eigenvalue weighted by Crippen LogP contribution is 2.22. The fraction of sp³-hybridized carbons (Fsp3) is 0.300. The first-order chi connectivity index (χ1) is 8.32. The van der Waals surface area contributed by atoms with E-state index in [0.717, 1.165) is 0 Å². The predicted molar refractivity (Wildman–Crippen MR) is 67.5 cm³/mol. The molecule has 0 radical (unpaired) electrons. The van der Waals surface area contributed by atoms with Gasteiger partial charge >= 0.3 is 6.03 Å². The fourth-order valence-corrected chi connectivity index (χ4v) is 1.61. The minimum absolute atomic E-state index is 0.307. The Labute approximate surface area is 112 Å². The lowest BCUT2D eigenvalue weighted by Crippen LogP contribution is -2.43. The van der Waals surface area contributed by atoms with E-state index in [1.54, 1.807) is 0 Å². The molecule has 8 heteroatoms. The van der Waals surface area contributed by atoms with Crippen molar-refractivity contribution < 1.29 is 13.6 Å². The second kappa shape index (κ2) is 6.17. The third-order valence-corrected chi connectivity index (χ3v) is 2.36. The second-order valence-corrected chi connectivity index (χ2v) is 4.40. The van der Waals surface area contributed by atoms with Crippen LogP contribution in [0, 0.1) is 0 Å². The molecule has 0 aliphatic rings. The zero-order chi connectivity index (χ0) is 13.8. The number of carbonyl (C=O) groups is 1. The van der Waals surface area contributed by atoms with Crippen molar-refractivity contribution in [3.05, 3.63) is 28.2 Å². The molecule has 0 aliphatic heterocycles. The van der Waals surface area contributed by atoms with Crippen molar-refractivity contribution in [1.29, 1.82) is 0 Å². The summed E-state index contributed by atoms with van der Waals surface area (Å²) in [5.74, 6) is -3.14. The topological polar surface area (TPSA) is 67.1 Å². The van der Waals surface area contributed by atoms with Crippen LogP contribution in [0.5, 0.6) is 0 Å². The highest BCUT2D eigenvalue weighted by Gasteiger charge is 2.27. The number of benzene rings is 1. The van der Waals surface area contributed by atoms with Gasteiger partial charge in [-0.2, -0.15) is 0 Å². The molecule has 4 N–H and O–H groups in total. The number of amides is 2. The summed E-state index contributed by atoms with van der Waals surface area (Å²) in [6, 6.07) is 3.57. The number of rotatable bonds is 4. The number of halogens is 4. The summed E-state index contributed by atoms with van der Waals surface area (Å²) in [5, 5.41) is 4.97. The van der Waals surface area contributed by atoms with Crippen molar-refractivity contribution in [2.45, 2.75) is 5.92 Å². The van der Waals surface area contributed by atoms with E-state index < -0.39 is 25.0 Å². The number of hydrogen-bond donors (Lipinski definition) is 3. The Morgan fingerprint density at radius 2 is 1.83 bits per heavy atom. The van der Waals surface area contributed by atoms with Crippen LogP contribution in [0.2, 0.25) is 10.0 Å². The van der Waals surface area contributed by atoms with Gasteiger partial charge in [0.25, 0.3) is 5.92 Å². The number of hydrogen-bond acceptors (Lipinski definition) is 2. The molecule has 0 unspecified atom stereocenters. The van der Waals surface area contributed by atoms with E-state index in [-0.39, 0.29) is 0 Å². The lowest BCUT2D eigenvalue weighted by atomic mass is 10.3. The molecule has 0 spiro atoms. The molecule has 0 heterocycles. The summed E-state index contributed by atoms with van der Waals surface area (Å²) in [4.78, 5) is 11.3. The van der Waals surface area contributed by atoms with E-state index in [9.17, 15) is 13.6 Å². The molecule has 100 valence electrons. The Balaban J connectivity index is 2.55. The predicted octanol–water partition coefficient (Wildman–Crippen LogP) is 2.71. The number of urea groups is 1. The highest BCUT2D eigenvalue weighted by atomic mass is 35.5. The van der Waals surface area contributed by atoms with Crippen LogP contribution in [0.1, 0.15) is 0 Å². The average molecular weight is 298 g/mol. The van der Waals surface area contributed by atoms with Gasteiger partial charge in [0, 0.05) is 15.7 Å². The lowest BCUT2D eigenvalue weighted by molar-refractivity contribution is 0.0148. The summed E-state index contributed by atoms with van der Waals surface area (Å²) < 4.78 is 25.5. The van der Waals surface area contributed by atoms with E-state index >= 15 is 0 Å². The largest absolute Gasteiger partial charge is 0.332 e. The Morgan fingerprint density at radius 3 is 2.33 bits per heavy atom. The second-order valence-electron chi connectivity index (χ2n) is 3.53. The van der Waals surface area contributed by atoms with Gasteiger partial charge in [0.1, 0.15) is 0 Å². The van der Waals surface area contributed by atoms with Crippen LogP contribution in [0.3, 0.4) is 0 Å². The van der Waals surface area contributed by atoms with E-state index in [4.69, 9.17) is 28.9 Å². The van der Waals surface area contributed by atoms with E-state index in [0.29, 0.717) is 15.7 Å². The molecule has 2 amide bonds. The first-order valence-corrected chi connectivity index (χ1v) is 5.67. The molecule has 1 rings (SSSR count). The molecule has 0 saturated heterocycles. The summed E-state index contributed by atoms with van der Waals surface area (Å²) in [6.07, 6.45) is 0. The molecular formula is C10H11Cl2F2N3O. The van der Waals surface area contributed by atoms with Crippen molar-refractivity contribution >= 4 is 34.9 Å². The summed E-state index contributed by atoms with van der Waals surface area (Å²) in [5.41, 5.74) is 5.13. The number of nitrogens with two attached hydrogens (primary N) is 1. The molecular weight excluding hydrogens is 287 g/mol. The Bertz CT molecular complexity index is 423. The zero-order valence-corrected chi connectivity index (χ0v) is 10.7. The van der Waals surface area contributed by atoms with Gasteiger partial charge in [0.05, 0.1) is 13.1 Å². The molecule has 0 aromatic heterocycles. The standard InChI is InChI=1S/C10H11Cl2F2N3O/c11-6-1-7(12)3-8(2-6)17-9(18)16-5-10(13,14)4-15/h1-3H,4-5,15H2,(H2,16,17,18). The van der Waals surface area contributed by atoms with Gasteiger partial charge in [-0.05, 0) is 18.2 Å². The molecule has 0 saturated carbocycles. The first kappa shape index (κ1) is 14.9. The Kier molecular flexibility index (Phi) is 5.13. The normalized spacial score (nSPS) is 11.2. The van der Waals surface area contributed by atoms with Crippen molar-refractivity contribution in [2.24, 2.45) is 5.73 Å². The number of anilines is 1. The molecule has 4 nitrogen and oxygen atoms in total. The van der Waals surface area contributed by atoms with Crippen LogP contribution in [-0.4, -0.2) is 25.0 Å². The molecule has 0 aliphatic carbocycles. The van der Waals surface area contributed by atoms with E-state index in [1.165, 1.54) is 18.2 Å². The smallest absolute Gasteiger partial charge is 0.319 e. The molecule has 0 atom stereocenters. The minimum atomic E-state index is -3.14. The van der Waals surface area contributed by atoms with Crippen molar-refractivity contribution in [3.63, 3.8) is 0 Å². The van der Waals surface area contributed by atoms with Crippen LogP contribution in [0.4, 0.5) is 19.3 Å². The van der Waals surface area contributed by atoms with Crippen LogP contribution in [0.15, 0.2) is 18.2 Å². The van der Waals surface area contributed by atoms with Crippen LogP contribution in [-0.2, 0) is 0 Å². The number of nitrogens with one attached hydrogen (secondary N) is 2. The minimum Gasteiger partial charge on any atom is -0.332 e. The lowest BCUT2D eigenvalue weighted by Gasteiger charge is -2.15. The van der Waals surface area contributed by atoms with Crippen molar-refractivity contribution in [3.8, 4) is 0 Å². The van der Waals surface area contributed by atoms with Crippen molar-refractivity contribution in [1.82, 2.24) is 5.32 Å². The van der Waals surface area contributed by atoms with E-state index in [2.05, 4.69) is 5.32 Å². The fourth-order valence-electron chi connectivity index (χ4n) is 1.08. The monoisotopic (exact) mass is 297 g/mol. The summed E-state index contributed by atoms with van der Waals surface area (Å²) in [6.45, 7) is -1.68. The molecule has 1 aromatic rings. The maximum absolute atomic E-state index is 12.8. The number of carbonyl (C=O) groups excluding carboxylic acids is 1. The SMILES string of the molecule is NCC(F)(F)CNC(=O)Nc1cc(Cl)cc(Cl)c1. The summed E-state index contributed by atoms with van der Waals surface area (Å²) >= 11 is 11.4. The maximum Gasteiger partial charge on any atom is 0.319 e. The molecule has 18 heavy (non-hydrogen) atoms. The van der Waals surface area contributed by atoms with Crippen LogP contribution < -0.4 is 16.4 Å². The van der Waals surface area contributed by atoms with Gasteiger partial charge in [0.2, 0.25) is 0 Å². The van der Waals surface area contributed by atoms with Crippen molar-refractivity contribution in [2.75, 3.05) is 18.4 Å². The van der Waals surface area contributed by atoms with Gasteiger partial charge < -0.3 is 16.4 Å².